The van der Waals surface area contributed by atoms with Gasteiger partial charge in [-0.3, -0.25) is 0 Å². The van der Waals surface area contributed by atoms with Crippen LogP contribution in [0.25, 0.3) is 0 Å². The molecule has 0 aliphatic rings. The minimum absolute atomic E-state index is 0.164. The van der Waals surface area contributed by atoms with Crippen molar-refractivity contribution in [3.63, 3.8) is 0 Å². The molecule has 0 aromatic heterocycles. The largest absolute Gasteiger partial charge is 0.508 e. The highest BCUT2D eigenvalue weighted by molar-refractivity contribution is 5.89. The van der Waals surface area contributed by atoms with Gasteiger partial charge in [-0.05, 0) is 30.7 Å². The number of rotatable bonds is 29. The predicted octanol–water partition coefficient (Wildman–Crippen LogP) is 12.1. The van der Waals surface area contributed by atoms with Gasteiger partial charge in [-0.1, -0.05) is 174 Å². The van der Waals surface area contributed by atoms with Crippen LogP contribution in [0.1, 0.15) is 191 Å². The van der Waals surface area contributed by atoms with E-state index in [-0.39, 0.29) is 11.7 Å². The van der Waals surface area contributed by atoms with Crippen molar-refractivity contribution in [3.05, 3.63) is 29.8 Å². The van der Waals surface area contributed by atoms with E-state index in [0.717, 1.165) is 12.8 Å². The lowest BCUT2D eigenvalue weighted by atomic mass is 10.0. The van der Waals surface area contributed by atoms with Gasteiger partial charge in [0.15, 0.2) is 0 Å². The predicted molar refractivity (Wildman–Crippen MR) is 169 cm³/mol. The van der Waals surface area contributed by atoms with Crippen LogP contribution >= 0.6 is 0 Å². The first-order chi connectivity index (χ1) is 19.2. The van der Waals surface area contributed by atoms with E-state index in [0.29, 0.717) is 12.2 Å². The SMILES string of the molecule is CCCCCCCCCCCCCCCCCCCCCCCCCCCCCOC(=O)c1ccc(O)cc1. The molecule has 0 saturated heterocycles. The summed E-state index contributed by atoms with van der Waals surface area (Å²) in [4.78, 5) is 11.9. The Morgan fingerprint density at radius 3 is 1.08 bits per heavy atom. The minimum atomic E-state index is -0.301. The summed E-state index contributed by atoms with van der Waals surface area (Å²) in [6.07, 6.45) is 37.7. The van der Waals surface area contributed by atoms with Gasteiger partial charge in [-0.15, -0.1) is 0 Å². The number of benzene rings is 1. The molecule has 0 unspecified atom stereocenters. The fraction of sp³-hybridized carbons (Fsp3) is 0.806. The van der Waals surface area contributed by atoms with Crippen molar-refractivity contribution in [1.29, 1.82) is 0 Å². The molecular weight excluding hydrogens is 480 g/mol. The number of unbranched alkanes of at least 4 members (excludes halogenated alkanes) is 26. The number of carbonyl (C=O) groups excluding carboxylic acids is 1. The van der Waals surface area contributed by atoms with Crippen LogP contribution in [0.2, 0.25) is 0 Å². The maximum absolute atomic E-state index is 11.9. The summed E-state index contributed by atoms with van der Waals surface area (Å²) < 4.78 is 5.30. The van der Waals surface area contributed by atoms with E-state index in [2.05, 4.69) is 6.92 Å². The van der Waals surface area contributed by atoms with Gasteiger partial charge in [0.25, 0.3) is 0 Å². The molecule has 0 spiro atoms. The monoisotopic (exact) mass is 544 g/mol. The molecule has 0 amide bonds. The van der Waals surface area contributed by atoms with Gasteiger partial charge in [0.05, 0.1) is 12.2 Å². The van der Waals surface area contributed by atoms with Gasteiger partial charge < -0.3 is 9.84 Å². The third-order valence-electron chi connectivity index (χ3n) is 8.08. The Labute approximate surface area is 242 Å². The van der Waals surface area contributed by atoms with Crippen LogP contribution in [-0.4, -0.2) is 17.7 Å². The highest BCUT2D eigenvalue weighted by Crippen LogP contribution is 2.16. The van der Waals surface area contributed by atoms with Crippen LogP contribution in [0.15, 0.2) is 24.3 Å². The summed E-state index contributed by atoms with van der Waals surface area (Å²) in [6, 6.07) is 6.22. The first-order valence-corrected chi connectivity index (χ1v) is 17.2. The van der Waals surface area contributed by atoms with E-state index in [1.54, 1.807) is 12.1 Å². The average molecular weight is 545 g/mol. The molecule has 3 nitrogen and oxygen atoms in total. The van der Waals surface area contributed by atoms with E-state index in [1.807, 2.05) is 0 Å². The Hall–Kier alpha value is -1.51. The summed E-state index contributed by atoms with van der Waals surface area (Å²) in [5.41, 5.74) is 0.498. The van der Waals surface area contributed by atoms with Gasteiger partial charge in [-0.2, -0.15) is 0 Å². The number of hydrogen-bond donors (Lipinski definition) is 1. The van der Waals surface area contributed by atoms with Gasteiger partial charge in [0.2, 0.25) is 0 Å². The van der Waals surface area contributed by atoms with Crippen LogP contribution in [0.3, 0.4) is 0 Å². The maximum atomic E-state index is 11.9. The van der Waals surface area contributed by atoms with Gasteiger partial charge in [-0.25, -0.2) is 4.79 Å². The molecule has 39 heavy (non-hydrogen) atoms. The molecule has 0 heterocycles. The Morgan fingerprint density at radius 2 is 0.769 bits per heavy atom. The molecule has 3 heteroatoms. The van der Waals surface area contributed by atoms with Gasteiger partial charge in [0, 0.05) is 0 Å². The summed E-state index contributed by atoms with van der Waals surface area (Å²) in [5.74, 6) is -0.137. The molecule has 0 aliphatic heterocycles. The number of hydrogen-bond acceptors (Lipinski definition) is 3. The first kappa shape index (κ1) is 35.5. The van der Waals surface area contributed by atoms with E-state index in [4.69, 9.17) is 4.74 Å². The highest BCUT2D eigenvalue weighted by Gasteiger charge is 2.06. The van der Waals surface area contributed by atoms with Crippen molar-refractivity contribution in [3.8, 4) is 5.75 Å². The van der Waals surface area contributed by atoms with Crippen molar-refractivity contribution in [1.82, 2.24) is 0 Å². The molecular formula is C36H64O3. The summed E-state index contributed by atoms with van der Waals surface area (Å²) in [7, 11) is 0. The average Bonchev–Trinajstić information content (AvgIpc) is 2.94. The molecule has 0 radical (unpaired) electrons. The summed E-state index contributed by atoms with van der Waals surface area (Å²) >= 11 is 0. The lowest BCUT2D eigenvalue weighted by molar-refractivity contribution is 0.0497. The summed E-state index contributed by atoms with van der Waals surface area (Å²) in [5, 5.41) is 9.27. The van der Waals surface area contributed by atoms with Crippen molar-refractivity contribution < 1.29 is 14.6 Å². The highest BCUT2D eigenvalue weighted by atomic mass is 16.5. The van der Waals surface area contributed by atoms with Crippen LogP contribution in [0, 0.1) is 0 Å². The van der Waals surface area contributed by atoms with Gasteiger partial charge >= 0.3 is 5.97 Å². The van der Waals surface area contributed by atoms with Crippen molar-refractivity contribution >= 4 is 5.97 Å². The Morgan fingerprint density at radius 1 is 0.487 bits per heavy atom. The van der Waals surface area contributed by atoms with Gasteiger partial charge in [0.1, 0.15) is 5.75 Å². The Balaban J connectivity index is 1.68. The molecule has 0 bridgehead atoms. The smallest absolute Gasteiger partial charge is 0.338 e. The molecule has 0 fully saturated rings. The topological polar surface area (TPSA) is 46.5 Å². The van der Waals surface area contributed by atoms with E-state index in [1.165, 1.54) is 173 Å². The quantitative estimate of drug-likeness (QED) is 0.0805. The molecule has 1 N–H and O–H groups in total. The van der Waals surface area contributed by atoms with E-state index in [9.17, 15) is 9.90 Å². The second kappa shape index (κ2) is 28.0. The number of ether oxygens (including phenoxy) is 1. The molecule has 0 atom stereocenters. The number of esters is 1. The van der Waals surface area contributed by atoms with Crippen molar-refractivity contribution in [2.45, 2.75) is 180 Å². The number of carbonyl (C=O) groups is 1. The molecule has 1 aromatic carbocycles. The van der Waals surface area contributed by atoms with Crippen LogP contribution in [-0.2, 0) is 4.74 Å². The first-order valence-electron chi connectivity index (χ1n) is 17.2. The number of phenols is 1. The molecule has 1 rings (SSSR count). The van der Waals surface area contributed by atoms with E-state index >= 15 is 0 Å². The minimum Gasteiger partial charge on any atom is -0.508 e. The fourth-order valence-electron chi connectivity index (χ4n) is 5.44. The van der Waals surface area contributed by atoms with Crippen LogP contribution in [0.4, 0.5) is 0 Å². The zero-order valence-corrected chi connectivity index (χ0v) is 25.9. The lowest BCUT2D eigenvalue weighted by Gasteiger charge is -2.05. The van der Waals surface area contributed by atoms with Crippen molar-refractivity contribution in [2.75, 3.05) is 6.61 Å². The number of aromatic hydroxyl groups is 1. The maximum Gasteiger partial charge on any atom is 0.338 e. The normalized spacial score (nSPS) is 11.2. The third kappa shape index (κ3) is 24.0. The summed E-state index contributed by atoms with van der Waals surface area (Å²) in [6.45, 7) is 2.78. The molecule has 0 aliphatic carbocycles. The lowest BCUT2D eigenvalue weighted by Crippen LogP contribution is -2.06. The molecule has 226 valence electrons. The number of phenolic OH excluding ortho intramolecular Hbond substituents is 1. The Bertz CT molecular complexity index is 639. The zero-order chi connectivity index (χ0) is 28.1. The van der Waals surface area contributed by atoms with Crippen LogP contribution in [0.5, 0.6) is 5.75 Å². The fourth-order valence-corrected chi connectivity index (χ4v) is 5.44. The second-order valence-corrected chi connectivity index (χ2v) is 11.9. The second-order valence-electron chi connectivity index (χ2n) is 11.9. The third-order valence-corrected chi connectivity index (χ3v) is 8.08. The van der Waals surface area contributed by atoms with Crippen molar-refractivity contribution in [2.24, 2.45) is 0 Å². The molecule has 0 saturated carbocycles. The molecule has 1 aromatic rings. The van der Waals surface area contributed by atoms with E-state index < -0.39 is 0 Å². The standard InChI is InChI=1S/C36H64O3/c1-2-3-4-5-6-7-8-9-10-11-12-13-14-15-16-17-18-19-20-21-22-23-24-25-26-27-28-33-39-36(38)34-29-31-35(37)32-30-34/h29-32,37H,2-28,33H2,1H3. The zero-order valence-electron chi connectivity index (χ0n) is 25.9. The van der Waals surface area contributed by atoms with Crippen LogP contribution < -0.4 is 0 Å². The Kier molecular flexibility index (Phi) is 25.5.